The van der Waals surface area contributed by atoms with E-state index >= 15 is 0 Å². The SMILES string of the molecule is COC(=O)c1ccccc1-n1cccc1C1C(c2ccccn2)NC(=S)N1c1ccc(Br)c(C)c1. The van der Waals surface area contributed by atoms with Crippen molar-refractivity contribution in [3.05, 3.63) is 112 Å². The number of anilines is 1. The van der Waals surface area contributed by atoms with E-state index < -0.39 is 0 Å². The molecule has 1 aliphatic rings. The van der Waals surface area contributed by atoms with Crippen molar-refractivity contribution in [2.45, 2.75) is 19.0 Å². The first-order valence-electron chi connectivity index (χ1n) is 11.1. The summed E-state index contributed by atoms with van der Waals surface area (Å²) in [5.41, 5.74) is 5.15. The number of aryl methyl sites for hydroxylation is 1. The first kappa shape index (κ1) is 23.3. The average molecular weight is 547 g/mol. The van der Waals surface area contributed by atoms with Gasteiger partial charge in [-0.2, -0.15) is 0 Å². The minimum Gasteiger partial charge on any atom is -0.465 e. The zero-order valence-corrected chi connectivity index (χ0v) is 21.6. The second kappa shape index (κ2) is 9.64. The third-order valence-corrected chi connectivity index (χ3v) is 7.37. The highest BCUT2D eigenvalue weighted by atomic mass is 79.9. The molecule has 0 aliphatic carbocycles. The number of esters is 1. The van der Waals surface area contributed by atoms with Crippen LogP contribution in [0.15, 0.2) is 89.7 Å². The van der Waals surface area contributed by atoms with Crippen molar-refractivity contribution >= 4 is 44.9 Å². The number of hydrogen-bond donors (Lipinski definition) is 1. The molecule has 0 radical (unpaired) electrons. The summed E-state index contributed by atoms with van der Waals surface area (Å²) < 4.78 is 8.12. The topological polar surface area (TPSA) is 59.4 Å². The number of rotatable bonds is 5. The largest absolute Gasteiger partial charge is 0.465 e. The van der Waals surface area contributed by atoms with Gasteiger partial charge in [-0.1, -0.05) is 34.1 Å². The van der Waals surface area contributed by atoms with Crippen molar-refractivity contribution < 1.29 is 9.53 Å². The number of ether oxygens (including phenoxy) is 1. The predicted octanol–water partition coefficient (Wildman–Crippen LogP) is 5.91. The standard InChI is InChI=1S/C27H23BrN4O2S/c1-17-16-18(12-13-20(17)28)32-25(24(30-27(32)35)21-9-5-6-14-29-21)23-11-7-15-31(23)22-10-4-3-8-19(22)26(33)34-2/h3-16,24-25H,1-2H3,(H,30,35). The van der Waals surface area contributed by atoms with Crippen molar-refractivity contribution in [2.24, 2.45) is 0 Å². The molecule has 1 saturated heterocycles. The van der Waals surface area contributed by atoms with Crippen LogP contribution in [0.3, 0.4) is 0 Å². The van der Waals surface area contributed by atoms with Crippen LogP contribution in [-0.2, 0) is 4.74 Å². The summed E-state index contributed by atoms with van der Waals surface area (Å²) in [6.07, 6.45) is 3.74. The van der Waals surface area contributed by atoms with Crippen LogP contribution in [0.25, 0.3) is 5.69 Å². The fourth-order valence-corrected chi connectivity index (χ4v) is 5.13. The molecule has 0 bridgehead atoms. The number of aromatic nitrogens is 2. The van der Waals surface area contributed by atoms with Gasteiger partial charge in [0.2, 0.25) is 0 Å². The number of carbonyl (C=O) groups is 1. The summed E-state index contributed by atoms with van der Waals surface area (Å²) in [6.45, 7) is 2.06. The minimum atomic E-state index is -0.387. The van der Waals surface area contributed by atoms with Crippen LogP contribution in [0, 0.1) is 6.92 Å². The quantitative estimate of drug-likeness (QED) is 0.248. The van der Waals surface area contributed by atoms with Crippen LogP contribution in [0.4, 0.5) is 5.69 Å². The predicted molar refractivity (Wildman–Crippen MR) is 144 cm³/mol. The maximum absolute atomic E-state index is 12.6. The van der Waals surface area contributed by atoms with Crippen molar-refractivity contribution in [3.8, 4) is 5.69 Å². The molecule has 0 saturated carbocycles. The maximum atomic E-state index is 12.6. The van der Waals surface area contributed by atoms with Crippen LogP contribution in [0.5, 0.6) is 0 Å². The Labute approximate surface area is 217 Å². The van der Waals surface area contributed by atoms with E-state index in [0.717, 1.165) is 32.8 Å². The van der Waals surface area contributed by atoms with Crippen molar-refractivity contribution in [1.82, 2.24) is 14.9 Å². The number of methoxy groups -OCH3 is 1. The first-order valence-corrected chi connectivity index (χ1v) is 12.3. The third kappa shape index (κ3) is 4.24. The molecule has 2 atom stereocenters. The van der Waals surface area contributed by atoms with E-state index in [1.54, 1.807) is 12.3 Å². The Bertz CT molecular complexity index is 1410. The normalized spacial score (nSPS) is 17.3. The Morgan fingerprint density at radius 2 is 1.89 bits per heavy atom. The highest BCUT2D eigenvalue weighted by molar-refractivity contribution is 9.10. The molecule has 4 aromatic rings. The second-order valence-electron chi connectivity index (χ2n) is 8.24. The van der Waals surface area contributed by atoms with Gasteiger partial charge in [-0.3, -0.25) is 4.98 Å². The molecular formula is C27H23BrN4O2S. The van der Waals surface area contributed by atoms with Crippen LogP contribution in [0.1, 0.15) is 39.4 Å². The summed E-state index contributed by atoms with van der Waals surface area (Å²) in [6, 6.07) is 23.1. The Kier molecular flexibility index (Phi) is 6.40. The zero-order chi connectivity index (χ0) is 24.5. The summed E-state index contributed by atoms with van der Waals surface area (Å²) in [5.74, 6) is -0.387. The number of benzene rings is 2. The van der Waals surface area contributed by atoms with E-state index in [1.165, 1.54) is 7.11 Å². The monoisotopic (exact) mass is 546 g/mol. The minimum absolute atomic E-state index is 0.202. The Balaban J connectivity index is 1.70. The smallest absolute Gasteiger partial charge is 0.339 e. The van der Waals surface area contributed by atoms with Crippen molar-refractivity contribution in [3.63, 3.8) is 0 Å². The molecule has 3 heterocycles. The van der Waals surface area contributed by atoms with Gasteiger partial charge in [0.1, 0.15) is 6.04 Å². The molecule has 5 rings (SSSR count). The van der Waals surface area contributed by atoms with Gasteiger partial charge < -0.3 is 19.5 Å². The molecule has 8 heteroatoms. The van der Waals surface area contributed by atoms with Gasteiger partial charge in [-0.15, -0.1) is 0 Å². The highest BCUT2D eigenvalue weighted by Gasteiger charge is 2.42. The lowest BCUT2D eigenvalue weighted by atomic mass is 10.00. The third-order valence-electron chi connectivity index (χ3n) is 6.17. The second-order valence-corrected chi connectivity index (χ2v) is 9.48. The van der Waals surface area contributed by atoms with E-state index in [1.807, 2.05) is 59.3 Å². The number of hydrogen-bond acceptors (Lipinski definition) is 4. The summed E-state index contributed by atoms with van der Waals surface area (Å²) >= 11 is 9.47. The van der Waals surface area contributed by atoms with Gasteiger partial charge in [0.25, 0.3) is 0 Å². The van der Waals surface area contributed by atoms with Crippen molar-refractivity contribution in [1.29, 1.82) is 0 Å². The molecule has 0 amide bonds. The van der Waals surface area contributed by atoms with Gasteiger partial charge in [-0.05, 0) is 79.3 Å². The Hall–Kier alpha value is -3.49. The molecule has 1 aliphatic heterocycles. The lowest BCUT2D eigenvalue weighted by molar-refractivity contribution is 0.0600. The van der Waals surface area contributed by atoms with E-state index in [0.29, 0.717) is 10.7 Å². The number of thiocarbonyl (C=S) groups is 1. The van der Waals surface area contributed by atoms with E-state index in [2.05, 4.69) is 56.3 Å². The average Bonchev–Trinajstić information content (AvgIpc) is 3.50. The van der Waals surface area contributed by atoms with Gasteiger partial charge in [0.15, 0.2) is 5.11 Å². The van der Waals surface area contributed by atoms with E-state index in [9.17, 15) is 4.79 Å². The number of nitrogens with zero attached hydrogens (tertiary/aromatic N) is 3. The number of para-hydroxylation sites is 1. The highest BCUT2D eigenvalue weighted by Crippen LogP contribution is 2.43. The molecule has 0 spiro atoms. The molecule has 2 aromatic heterocycles. The molecule has 1 N–H and O–H groups in total. The summed E-state index contributed by atoms with van der Waals surface area (Å²) in [7, 11) is 1.39. The number of pyridine rings is 1. The van der Waals surface area contributed by atoms with Gasteiger partial charge in [-0.25, -0.2) is 4.79 Å². The number of nitrogens with one attached hydrogen (secondary N) is 1. The van der Waals surface area contributed by atoms with Crippen LogP contribution >= 0.6 is 28.1 Å². The molecule has 6 nitrogen and oxygen atoms in total. The molecule has 35 heavy (non-hydrogen) atoms. The fraction of sp³-hybridized carbons (Fsp3) is 0.148. The van der Waals surface area contributed by atoms with Gasteiger partial charge >= 0.3 is 5.97 Å². The summed E-state index contributed by atoms with van der Waals surface area (Å²) in [5, 5.41) is 4.11. The van der Waals surface area contributed by atoms with Crippen LogP contribution in [-0.4, -0.2) is 27.7 Å². The molecular weight excluding hydrogens is 524 g/mol. The Morgan fingerprint density at radius 1 is 1.09 bits per heavy atom. The molecule has 2 unspecified atom stereocenters. The van der Waals surface area contributed by atoms with E-state index in [-0.39, 0.29) is 18.1 Å². The lowest BCUT2D eigenvalue weighted by Crippen LogP contribution is -2.30. The van der Waals surface area contributed by atoms with Gasteiger partial charge in [0.05, 0.1) is 30.1 Å². The first-order chi connectivity index (χ1) is 17.0. The van der Waals surface area contributed by atoms with Crippen molar-refractivity contribution in [2.75, 3.05) is 12.0 Å². The maximum Gasteiger partial charge on any atom is 0.339 e. The summed E-state index contributed by atoms with van der Waals surface area (Å²) in [4.78, 5) is 19.3. The number of carbonyl (C=O) groups excluding carboxylic acids is 1. The molecule has 176 valence electrons. The fourth-order valence-electron chi connectivity index (χ4n) is 4.53. The zero-order valence-electron chi connectivity index (χ0n) is 19.2. The van der Waals surface area contributed by atoms with Gasteiger partial charge in [0, 0.05) is 28.2 Å². The number of halogens is 1. The lowest BCUT2D eigenvalue weighted by Gasteiger charge is -2.29. The van der Waals surface area contributed by atoms with Crippen LogP contribution < -0.4 is 10.2 Å². The van der Waals surface area contributed by atoms with E-state index in [4.69, 9.17) is 17.0 Å². The molecule has 2 aromatic carbocycles. The van der Waals surface area contributed by atoms with Crippen LogP contribution in [0.2, 0.25) is 0 Å². The Morgan fingerprint density at radius 3 is 2.63 bits per heavy atom. The molecule has 1 fully saturated rings.